The zero-order chi connectivity index (χ0) is 18.4. The third-order valence-corrected chi connectivity index (χ3v) is 6.89. The number of hydrogen-bond acceptors (Lipinski definition) is 5. The monoisotopic (exact) mass is 385 g/mol. The van der Waals surface area contributed by atoms with E-state index < -0.39 is 10.0 Å². The number of rotatable bonds is 8. The van der Waals surface area contributed by atoms with E-state index in [2.05, 4.69) is 5.32 Å². The molecule has 0 aliphatic carbocycles. The summed E-state index contributed by atoms with van der Waals surface area (Å²) in [6.45, 7) is 5.38. The first-order valence-electron chi connectivity index (χ1n) is 8.16. The second-order valence-corrected chi connectivity index (χ2v) is 8.53. The van der Waals surface area contributed by atoms with Gasteiger partial charge < -0.3 is 10.2 Å². The maximum atomic E-state index is 12.4. The van der Waals surface area contributed by atoms with Gasteiger partial charge in [0.05, 0.1) is 4.90 Å². The summed E-state index contributed by atoms with van der Waals surface area (Å²) in [4.78, 5) is 25.1. The number of carbonyl (C=O) groups excluding carboxylic acids is 2. The van der Waals surface area contributed by atoms with Gasteiger partial charge in [0, 0.05) is 31.9 Å². The molecule has 1 heterocycles. The van der Waals surface area contributed by atoms with Crippen molar-refractivity contribution < 1.29 is 18.0 Å². The standard InChI is InChI=1S/C16H23N3O4S2/c1-3-19(4-2)25(22,23)14-7-5-13(6-8-14)11-17-15(20)12-18-9-10-24-16(18)21/h5-8H,3-4,9-12H2,1-2H3,(H,17,20). The zero-order valence-electron chi connectivity index (χ0n) is 14.4. The highest BCUT2D eigenvalue weighted by Crippen LogP contribution is 2.17. The average molecular weight is 386 g/mol. The maximum Gasteiger partial charge on any atom is 0.282 e. The highest BCUT2D eigenvalue weighted by Gasteiger charge is 2.23. The average Bonchev–Trinajstić information content (AvgIpc) is 2.99. The first-order valence-corrected chi connectivity index (χ1v) is 10.6. The Morgan fingerprint density at radius 3 is 2.40 bits per heavy atom. The normalized spacial score (nSPS) is 15.0. The van der Waals surface area contributed by atoms with Crippen LogP contribution < -0.4 is 5.32 Å². The minimum absolute atomic E-state index is 0.0558. The van der Waals surface area contributed by atoms with Gasteiger partial charge in [-0.05, 0) is 17.7 Å². The molecule has 0 saturated carbocycles. The summed E-state index contributed by atoms with van der Waals surface area (Å²) in [6.07, 6.45) is 0. The van der Waals surface area contributed by atoms with E-state index in [0.29, 0.717) is 31.9 Å². The zero-order valence-corrected chi connectivity index (χ0v) is 16.0. The Hall–Kier alpha value is -1.58. The van der Waals surface area contributed by atoms with Crippen molar-refractivity contribution in [3.8, 4) is 0 Å². The van der Waals surface area contributed by atoms with Gasteiger partial charge in [-0.2, -0.15) is 4.31 Å². The Morgan fingerprint density at radius 1 is 1.24 bits per heavy atom. The van der Waals surface area contributed by atoms with Crippen LogP contribution in [0.3, 0.4) is 0 Å². The maximum absolute atomic E-state index is 12.4. The van der Waals surface area contributed by atoms with Gasteiger partial charge in [0.2, 0.25) is 15.9 Å². The van der Waals surface area contributed by atoms with Gasteiger partial charge in [0.15, 0.2) is 0 Å². The van der Waals surface area contributed by atoms with Crippen molar-refractivity contribution in [1.82, 2.24) is 14.5 Å². The summed E-state index contributed by atoms with van der Waals surface area (Å²) in [5.41, 5.74) is 0.800. The minimum Gasteiger partial charge on any atom is -0.350 e. The van der Waals surface area contributed by atoms with E-state index in [4.69, 9.17) is 0 Å². The Balaban J connectivity index is 1.92. The van der Waals surface area contributed by atoms with Crippen molar-refractivity contribution in [2.24, 2.45) is 0 Å². The number of hydrogen-bond donors (Lipinski definition) is 1. The van der Waals surface area contributed by atoms with Gasteiger partial charge >= 0.3 is 0 Å². The van der Waals surface area contributed by atoms with E-state index >= 15 is 0 Å². The first-order chi connectivity index (χ1) is 11.9. The molecule has 25 heavy (non-hydrogen) atoms. The van der Waals surface area contributed by atoms with E-state index in [0.717, 1.165) is 5.56 Å². The SMILES string of the molecule is CCN(CC)S(=O)(=O)c1ccc(CNC(=O)CN2CCSC2=O)cc1. The highest BCUT2D eigenvalue weighted by atomic mass is 32.2. The van der Waals surface area contributed by atoms with Gasteiger partial charge in [-0.25, -0.2) is 8.42 Å². The van der Waals surface area contributed by atoms with Crippen LogP contribution in [0, 0.1) is 0 Å². The number of sulfonamides is 1. The molecule has 1 aliphatic rings. The van der Waals surface area contributed by atoms with Crippen molar-refractivity contribution in [2.75, 3.05) is 31.9 Å². The largest absolute Gasteiger partial charge is 0.350 e. The van der Waals surface area contributed by atoms with E-state index in [-0.39, 0.29) is 22.6 Å². The predicted molar refractivity (Wildman–Crippen MR) is 97.8 cm³/mol. The predicted octanol–water partition coefficient (Wildman–Crippen LogP) is 1.50. The number of thioether (sulfide) groups is 1. The summed E-state index contributed by atoms with van der Waals surface area (Å²) in [5, 5.41) is 2.68. The molecule has 0 spiro atoms. The van der Waals surface area contributed by atoms with E-state index in [9.17, 15) is 18.0 Å². The van der Waals surface area contributed by atoms with Crippen LogP contribution in [0.25, 0.3) is 0 Å². The van der Waals surface area contributed by atoms with Gasteiger partial charge in [-0.15, -0.1) is 0 Å². The van der Waals surface area contributed by atoms with E-state index in [1.165, 1.54) is 21.0 Å². The molecular weight excluding hydrogens is 362 g/mol. The lowest BCUT2D eigenvalue weighted by molar-refractivity contribution is -0.121. The fraction of sp³-hybridized carbons (Fsp3) is 0.500. The van der Waals surface area contributed by atoms with Crippen LogP contribution in [0.1, 0.15) is 19.4 Å². The van der Waals surface area contributed by atoms with Gasteiger partial charge in [0.25, 0.3) is 5.24 Å². The van der Waals surface area contributed by atoms with Crippen LogP contribution in [0.4, 0.5) is 4.79 Å². The fourth-order valence-electron chi connectivity index (χ4n) is 2.49. The smallest absolute Gasteiger partial charge is 0.282 e. The van der Waals surface area contributed by atoms with Crippen molar-refractivity contribution in [2.45, 2.75) is 25.3 Å². The topological polar surface area (TPSA) is 86.8 Å². The molecule has 9 heteroatoms. The Morgan fingerprint density at radius 2 is 1.88 bits per heavy atom. The molecule has 7 nitrogen and oxygen atoms in total. The summed E-state index contributed by atoms with van der Waals surface area (Å²) >= 11 is 1.22. The molecule has 0 radical (unpaired) electrons. The van der Waals surface area contributed by atoms with Crippen LogP contribution in [0.5, 0.6) is 0 Å². The highest BCUT2D eigenvalue weighted by molar-refractivity contribution is 8.13. The van der Waals surface area contributed by atoms with E-state index in [1.54, 1.807) is 38.1 Å². The van der Waals surface area contributed by atoms with Gasteiger partial charge in [-0.3, -0.25) is 9.59 Å². The molecule has 138 valence electrons. The number of amides is 2. The molecule has 0 aromatic heterocycles. The van der Waals surface area contributed by atoms with Crippen LogP contribution in [-0.2, 0) is 21.4 Å². The number of nitrogens with one attached hydrogen (secondary N) is 1. The lowest BCUT2D eigenvalue weighted by atomic mass is 10.2. The van der Waals surface area contributed by atoms with Crippen molar-refractivity contribution in [3.05, 3.63) is 29.8 Å². The molecule has 1 N–H and O–H groups in total. The number of carbonyl (C=O) groups is 2. The Kier molecular flexibility index (Phi) is 6.86. The summed E-state index contributed by atoms with van der Waals surface area (Å²) < 4.78 is 26.2. The minimum atomic E-state index is -3.47. The van der Waals surface area contributed by atoms with Gasteiger partial charge in [0.1, 0.15) is 6.54 Å². The molecule has 2 rings (SSSR count). The Bertz CT molecular complexity index is 715. The molecule has 0 unspecified atom stereocenters. The lowest BCUT2D eigenvalue weighted by Crippen LogP contribution is -2.36. The first kappa shape index (κ1) is 19.7. The number of benzene rings is 1. The van der Waals surface area contributed by atoms with E-state index in [1.807, 2.05) is 0 Å². The third-order valence-electron chi connectivity index (χ3n) is 3.94. The van der Waals surface area contributed by atoms with Crippen molar-refractivity contribution >= 4 is 32.9 Å². The molecular formula is C16H23N3O4S2. The molecule has 1 saturated heterocycles. The summed E-state index contributed by atoms with van der Waals surface area (Å²) in [7, 11) is -3.47. The molecule has 1 aromatic rings. The lowest BCUT2D eigenvalue weighted by Gasteiger charge is -2.18. The van der Waals surface area contributed by atoms with Gasteiger partial charge in [-0.1, -0.05) is 37.7 Å². The second kappa shape index (κ2) is 8.68. The third kappa shape index (κ3) is 4.96. The Labute approximate surface area is 152 Å². The molecule has 1 aliphatic heterocycles. The molecule has 0 atom stereocenters. The van der Waals surface area contributed by atoms with Crippen LogP contribution in [0.2, 0.25) is 0 Å². The quantitative estimate of drug-likeness (QED) is 0.733. The van der Waals surface area contributed by atoms with Crippen molar-refractivity contribution in [1.29, 1.82) is 0 Å². The van der Waals surface area contributed by atoms with Crippen LogP contribution in [-0.4, -0.2) is 60.7 Å². The van der Waals surface area contributed by atoms with Crippen molar-refractivity contribution in [3.63, 3.8) is 0 Å². The molecule has 1 fully saturated rings. The van der Waals surface area contributed by atoms with Crippen LogP contribution in [0.15, 0.2) is 29.2 Å². The molecule has 2 amide bonds. The molecule has 1 aromatic carbocycles. The van der Waals surface area contributed by atoms with Crippen LogP contribution >= 0.6 is 11.8 Å². The fourth-order valence-corrected chi connectivity index (χ4v) is 4.77. The molecule has 0 bridgehead atoms. The number of nitrogens with zero attached hydrogens (tertiary/aromatic N) is 2. The summed E-state index contributed by atoms with van der Waals surface area (Å²) in [6, 6.07) is 6.48. The summed E-state index contributed by atoms with van der Waals surface area (Å²) in [5.74, 6) is 0.491. The second-order valence-electron chi connectivity index (χ2n) is 5.55.